The van der Waals surface area contributed by atoms with E-state index in [2.05, 4.69) is 10.3 Å². The molecule has 1 saturated carbocycles. The van der Waals surface area contributed by atoms with Crippen LogP contribution in [-0.2, 0) is 9.53 Å². The fraction of sp³-hybridized carbons (Fsp3) is 0.524. The maximum Gasteiger partial charge on any atom is 0.255 e. The van der Waals surface area contributed by atoms with Gasteiger partial charge in [0.05, 0.1) is 5.56 Å². The molecule has 4 N–H and O–H groups in total. The third-order valence-electron chi connectivity index (χ3n) is 5.52. The van der Waals surface area contributed by atoms with Gasteiger partial charge in [-0.05, 0) is 37.5 Å². The zero-order valence-electron chi connectivity index (χ0n) is 16.7. The molecule has 28 heavy (non-hydrogen) atoms. The summed E-state index contributed by atoms with van der Waals surface area (Å²) in [6, 6.07) is 5.61. The molecular weight excluding hydrogens is 356 g/mol. The molecule has 1 aliphatic carbocycles. The Balaban J connectivity index is 1.77. The number of nitrogen functional groups attached to an aromatic ring is 1. The number of anilines is 2. The first-order chi connectivity index (χ1) is 13.5. The quantitative estimate of drug-likeness (QED) is 0.637. The zero-order chi connectivity index (χ0) is 20.1. The molecule has 7 heteroatoms. The van der Waals surface area contributed by atoms with Crippen LogP contribution in [0.1, 0.15) is 48.9 Å². The number of nitrogens with zero attached hydrogens (tertiary/aromatic N) is 1. The lowest BCUT2D eigenvalue weighted by molar-refractivity contribution is -0.123. The van der Waals surface area contributed by atoms with Gasteiger partial charge in [0.2, 0.25) is 5.91 Å². The van der Waals surface area contributed by atoms with E-state index in [1.165, 1.54) is 6.42 Å². The van der Waals surface area contributed by atoms with Crippen molar-refractivity contribution in [2.24, 2.45) is 5.92 Å². The summed E-state index contributed by atoms with van der Waals surface area (Å²) in [5.74, 6) is 0.392. The summed E-state index contributed by atoms with van der Waals surface area (Å²) in [4.78, 5) is 30.1. The second-order valence-corrected chi connectivity index (χ2v) is 7.48. The summed E-state index contributed by atoms with van der Waals surface area (Å²) < 4.78 is 4.99. The van der Waals surface area contributed by atoms with Crippen LogP contribution >= 0.6 is 0 Å². The molecule has 1 aromatic carbocycles. The van der Waals surface area contributed by atoms with E-state index in [4.69, 9.17) is 10.5 Å². The predicted octanol–water partition coefficient (Wildman–Crippen LogP) is 3.06. The van der Waals surface area contributed by atoms with E-state index in [1.807, 2.05) is 25.2 Å². The number of hydrogen-bond donors (Lipinski definition) is 3. The molecule has 1 fully saturated rings. The highest BCUT2D eigenvalue weighted by atomic mass is 16.5. The molecule has 0 atom stereocenters. The van der Waals surface area contributed by atoms with Gasteiger partial charge in [-0.3, -0.25) is 9.59 Å². The lowest BCUT2D eigenvalue weighted by atomic mass is 9.88. The number of aromatic nitrogens is 1. The molecule has 152 valence electrons. The van der Waals surface area contributed by atoms with Crippen LogP contribution in [0, 0.1) is 5.92 Å². The Hall–Kier alpha value is -2.54. The van der Waals surface area contributed by atoms with Crippen LogP contribution in [0.4, 0.5) is 11.5 Å². The summed E-state index contributed by atoms with van der Waals surface area (Å²) >= 11 is 0. The Kier molecular flexibility index (Phi) is 6.57. The van der Waals surface area contributed by atoms with Gasteiger partial charge in [0.15, 0.2) is 0 Å². The molecule has 0 unspecified atom stereocenters. The van der Waals surface area contributed by atoms with Crippen LogP contribution in [0.3, 0.4) is 0 Å². The molecule has 0 aliphatic heterocycles. The molecule has 0 bridgehead atoms. The summed E-state index contributed by atoms with van der Waals surface area (Å²) in [7, 11) is 3.45. The van der Waals surface area contributed by atoms with Gasteiger partial charge in [-0.15, -0.1) is 0 Å². The van der Waals surface area contributed by atoms with Crippen molar-refractivity contribution in [1.29, 1.82) is 0 Å². The van der Waals surface area contributed by atoms with Crippen molar-refractivity contribution in [3.8, 4) is 0 Å². The number of H-pyrrole nitrogens is 1. The van der Waals surface area contributed by atoms with Gasteiger partial charge >= 0.3 is 0 Å². The molecule has 2 amide bonds. The average Bonchev–Trinajstić information content (AvgIpc) is 3.05. The van der Waals surface area contributed by atoms with E-state index in [0.29, 0.717) is 24.5 Å². The maximum atomic E-state index is 12.8. The number of methoxy groups -OCH3 is 1. The molecule has 1 aliphatic rings. The number of amides is 2. The fourth-order valence-corrected chi connectivity index (χ4v) is 3.92. The van der Waals surface area contributed by atoms with Crippen molar-refractivity contribution in [2.75, 3.05) is 37.9 Å². The highest BCUT2D eigenvalue weighted by Gasteiger charge is 2.25. The van der Waals surface area contributed by atoms with E-state index < -0.39 is 0 Å². The van der Waals surface area contributed by atoms with E-state index in [0.717, 1.165) is 48.7 Å². The topological polar surface area (TPSA) is 100 Å². The Labute approximate surface area is 165 Å². The highest BCUT2D eigenvalue weighted by Crippen LogP contribution is 2.30. The number of fused-ring (bicyclic) bond motifs is 1. The number of nitrogens with one attached hydrogen (secondary N) is 2. The minimum Gasteiger partial charge on any atom is -0.385 e. The molecule has 1 aromatic heterocycles. The first-order valence-corrected chi connectivity index (χ1v) is 9.99. The third-order valence-corrected chi connectivity index (χ3v) is 5.52. The standard InChI is InChI=1S/C21H30N4O3/c1-25(21(27)14-7-4-3-5-8-14)15-9-10-16-17(13-15)24-19(22)18(16)20(26)23-11-6-12-28-2/h9-10,13-14,24H,3-8,11-12,22H2,1-2H3,(H,23,26). The monoisotopic (exact) mass is 386 g/mol. The molecule has 0 radical (unpaired) electrons. The van der Waals surface area contributed by atoms with Crippen molar-refractivity contribution in [3.63, 3.8) is 0 Å². The summed E-state index contributed by atoms with van der Waals surface area (Å²) in [6.45, 7) is 1.11. The van der Waals surface area contributed by atoms with Crippen LogP contribution in [0.2, 0.25) is 0 Å². The van der Waals surface area contributed by atoms with Crippen molar-refractivity contribution in [3.05, 3.63) is 23.8 Å². The number of carbonyl (C=O) groups is 2. The van der Waals surface area contributed by atoms with Crippen LogP contribution in [0.25, 0.3) is 10.9 Å². The molecule has 7 nitrogen and oxygen atoms in total. The van der Waals surface area contributed by atoms with Gasteiger partial charge in [0, 0.05) is 49.8 Å². The molecule has 0 saturated heterocycles. The summed E-state index contributed by atoms with van der Waals surface area (Å²) in [5, 5.41) is 3.62. The molecular formula is C21H30N4O3. The van der Waals surface area contributed by atoms with Gasteiger partial charge in [0.1, 0.15) is 5.82 Å². The Bertz CT molecular complexity index is 840. The first-order valence-electron chi connectivity index (χ1n) is 9.99. The number of carbonyl (C=O) groups excluding carboxylic acids is 2. The molecule has 1 heterocycles. The Morgan fingerprint density at radius 1 is 1.29 bits per heavy atom. The maximum absolute atomic E-state index is 12.8. The van der Waals surface area contributed by atoms with Gasteiger partial charge < -0.3 is 25.7 Å². The number of benzene rings is 1. The number of aromatic amines is 1. The van der Waals surface area contributed by atoms with E-state index >= 15 is 0 Å². The molecule has 0 spiro atoms. The minimum absolute atomic E-state index is 0.108. The molecule has 2 aromatic rings. The van der Waals surface area contributed by atoms with E-state index in [9.17, 15) is 9.59 Å². The van der Waals surface area contributed by atoms with Crippen LogP contribution in [-0.4, -0.2) is 44.1 Å². The lowest BCUT2D eigenvalue weighted by Gasteiger charge is -2.26. The van der Waals surface area contributed by atoms with Crippen LogP contribution in [0.15, 0.2) is 18.2 Å². The largest absolute Gasteiger partial charge is 0.385 e. The van der Waals surface area contributed by atoms with Gasteiger partial charge in [0.25, 0.3) is 5.91 Å². The fourth-order valence-electron chi connectivity index (χ4n) is 3.92. The number of ether oxygens (including phenoxy) is 1. The van der Waals surface area contributed by atoms with Crippen LogP contribution < -0.4 is 16.0 Å². The summed E-state index contributed by atoms with van der Waals surface area (Å²) in [5.41, 5.74) is 8.06. The van der Waals surface area contributed by atoms with Crippen molar-refractivity contribution >= 4 is 34.2 Å². The average molecular weight is 386 g/mol. The van der Waals surface area contributed by atoms with Crippen molar-refractivity contribution < 1.29 is 14.3 Å². The number of hydrogen-bond acceptors (Lipinski definition) is 4. The Morgan fingerprint density at radius 3 is 2.75 bits per heavy atom. The van der Waals surface area contributed by atoms with Crippen molar-refractivity contribution in [2.45, 2.75) is 38.5 Å². The zero-order valence-corrected chi connectivity index (χ0v) is 16.7. The Morgan fingerprint density at radius 2 is 2.04 bits per heavy atom. The first kappa shape index (κ1) is 20.2. The number of rotatable bonds is 7. The predicted molar refractivity (Wildman–Crippen MR) is 112 cm³/mol. The third kappa shape index (κ3) is 4.30. The van der Waals surface area contributed by atoms with E-state index in [-0.39, 0.29) is 17.7 Å². The SMILES string of the molecule is COCCCNC(=O)c1c(N)[nH]c2cc(N(C)C(=O)C3CCCCC3)ccc12. The van der Waals surface area contributed by atoms with Gasteiger partial charge in [-0.1, -0.05) is 19.3 Å². The molecule has 3 rings (SSSR count). The van der Waals surface area contributed by atoms with Crippen molar-refractivity contribution in [1.82, 2.24) is 10.3 Å². The normalized spacial score (nSPS) is 14.9. The van der Waals surface area contributed by atoms with E-state index in [1.54, 1.807) is 12.0 Å². The van der Waals surface area contributed by atoms with Crippen LogP contribution in [0.5, 0.6) is 0 Å². The second kappa shape index (κ2) is 9.10. The number of nitrogens with two attached hydrogens (primary N) is 1. The highest BCUT2D eigenvalue weighted by molar-refractivity contribution is 6.12. The van der Waals surface area contributed by atoms with Gasteiger partial charge in [-0.25, -0.2) is 0 Å². The van der Waals surface area contributed by atoms with Gasteiger partial charge in [-0.2, -0.15) is 0 Å². The smallest absolute Gasteiger partial charge is 0.255 e. The lowest BCUT2D eigenvalue weighted by Crippen LogP contribution is -2.33. The summed E-state index contributed by atoms with van der Waals surface area (Å²) in [6.07, 6.45) is 6.14. The minimum atomic E-state index is -0.209. The second-order valence-electron chi connectivity index (χ2n) is 7.48.